The molecule has 7 heteroatoms. The molecule has 0 amide bonds. The molecular weight excluding hydrogens is 422 g/mol. The summed E-state index contributed by atoms with van der Waals surface area (Å²) in [5, 5.41) is 9.73. The van der Waals surface area contributed by atoms with E-state index in [1.54, 1.807) is 24.3 Å². The lowest BCUT2D eigenvalue weighted by Gasteiger charge is -2.14. The standard InChI is InChI=1S/C19H15BrClNO4/c1-24-17-9-13(7-14(10-22)19(23)25-2)8-16(20)18(17)26-11-12-3-5-15(21)6-4-12/h3-9H,11H2,1-2H3. The van der Waals surface area contributed by atoms with Crippen LogP contribution in [0.25, 0.3) is 6.08 Å². The highest BCUT2D eigenvalue weighted by Gasteiger charge is 2.14. The largest absolute Gasteiger partial charge is 0.493 e. The topological polar surface area (TPSA) is 68.6 Å². The van der Waals surface area contributed by atoms with Gasteiger partial charge < -0.3 is 14.2 Å². The molecule has 2 aromatic carbocycles. The molecule has 2 rings (SSSR count). The van der Waals surface area contributed by atoms with Crippen molar-refractivity contribution in [1.29, 1.82) is 5.26 Å². The number of carbonyl (C=O) groups excluding carboxylic acids is 1. The maximum atomic E-state index is 11.5. The SMILES string of the molecule is COC(=O)C(C#N)=Cc1cc(Br)c(OCc2ccc(Cl)cc2)c(OC)c1. The van der Waals surface area contributed by atoms with Gasteiger partial charge in [0, 0.05) is 5.02 Å². The highest BCUT2D eigenvalue weighted by Crippen LogP contribution is 2.37. The number of halogens is 2. The summed E-state index contributed by atoms with van der Waals surface area (Å²) in [4.78, 5) is 11.5. The van der Waals surface area contributed by atoms with Crippen LogP contribution in [0, 0.1) is 11.3 Å². The van der Waals surface area contributed by atoms with Crippen molar-refractivity contribution < 1.29 is 19.0 Å². The van der Waals surface area contributed by atoms with Gasteiger partial charge in [0.25, 0.3) is 0 Å². The van der Waals surface area contributed by atoms with Crippen LogP contribution in [0.5, 0.6) is 11.5 Å². The van der Waals surface area contributed by atoms with E-state index in [0.29, 0.717) is 33.2 Å². The van der Waals surface area contributed by atoms with Gasteiger partial charge >= 0.3 is 5.97 Å². The Morgan fingerprint density at radius 1 is 1.27 bits per heavy atom. The molecule has 5 nitrogen and oxygen atoms in total. The number of nitriles is 1. The molecule has 0 aliphatic rings. The minimum Gasteiger partial charge on any atom is -0.493 e. The second-order valence-electron chi connectivity index (χ2n) is 5.11. The van der Waals surface area contributed by atoms with E-state index in [0.717, 1.165) is 5.56 Å². The van der Waals surface area contributed by atoms with Gasteiger partial charge in [-0.15, -0.1) is 0 Å². The molecule has 0 aliphatic carbocycles. The molecule has 26 heavy (non-hydrogen) atoms. The highest BCUT2D eigenvalue weighted by molar-refractivity contribution is 9.10. The average Bonchev–Trinajstić information content (AvgIpc) is 2.65. The van der Waals surface area contributed by atoms with Gasteiger partial charge in [-0.3, -0.25) is 0 Å². The van der Waals surface area contributed by atoms with E-state index in [2.05, 4.69) is 20.7 Å². The number of esters is 1. The zero-order chi connectivity index (χ0) is 19.1. The zero-order valence-corrected chi connectivity index (χ0v) is 16.4. The second-order valence-corrected chi connectivity index (χ2v) is 6.40. The Kier molecular flexibility index (Phi) is 7.07. The third kappa shape index (κ3) is 5.01. The van der Waals surface area contributed by atoms with Crippen LogP contribution in [0.3, 0.4) is 0 Å². The minimum absolute atomic E-state index is 0.115. The summed E-state index contributed by atoms with van der Waals surface area (Å²) in [5.41, 5.74) is 1.43. The Balaban J connectivity index is 2.29. The fourth-order valence-corrected chi connectivity index (χ4v) is 2.81. The molecule has 0 saturated carbocycles. The third-order valence-corrected chi connectivity index (χ3v) is 4.23. The third-order valence-electron chi connectivity index (χ3n) is 3.38. The number of rotatable bonds is 6. The van der Waals surface area contributed by atoms with Crippen molar-refractivity contribution >= 4 is 39.6 Å². The number of ether oxygens (including phenoxy) is 3. The van der Waals surface area contributed by atoms with Gasteiger partial charge in [0.05, 0.1) is 18.7 Å². The predicted molar refractivity (Wildman–Crippen MR) is 102 cm³/mol. The fraction of sp³-hybridized carbons (Fsp3) is 0.158. The molecule has 0 aliphatic heterocycles. The first-order valence-corrected chi connectivity index (χ1v) is 8.60. The van der Waals surface area contributed by atoms with Crippen LogP contribution in [0.4, 0.5) is 0 Å². The van der Waals surface area contributed by atoms with Gasteiger partial charge in [0.1, 0.15) is 18.2 Å². The van der Waals surface area contributed by atoms with E-state index in [-0.39, 0.29) is 5.57 Å². The molecule has 2 aromatic rings. The summed E-state index contributed by atoms with van der Waals surface area (Å²) in [7, 11) is 2.73. The molecule has 0 bridgehead atoms. The number of hydrogen-bond donors (Lipinski definition) is 0. The molecule has 134 valence electrons. The van der Waals surface area contributed by atoms with Crippen molar-refractivity contribution in [3.8, 4) is 17.6 Å². The van der Waals surface area contributed by atoms with E-state index in [1.807, 2.05) is 18.2 Å². The quantitative estimate of drug-likeness (QED) is 0.371. The lowest BCUT2D eigenvalue weighted by atomic mass is 10.1. The molecule has 0 radical (unpaired) electrons. The first-order chi connectivity index (χ1) is 12.5. The maximum absolute atomic E-state index is 11.5. The van der Waals surface area contributed by atoms with Gasteiger partial charge in [-0.2, -0.15) is 5.26 Å². The minimum atomic E-state index is -0.703. The van der Waals surface area contributed by atoms with Crippen LogP contribution >= 0.6 is 27.5 Å². The summed E-state index contributed by atoms with van der Waals surface area (Å²) < 4.78 is 16.4. The molecule has 0 spiro atoms. The number of carbonyl (C=O) groups is 1. The molecule has 0 saturated heterocycles. The van der Waals surface area contributed by atoms with Crippen molar-refractivity contribution in [3.05, 3.63) is 62.6 Å². The molecule has 0 unspecified atom stereocenters. The summed E-state index contributed by atoms with van der Waals surface area (Å²) in [6.07, 6.45) is 1.42. The van der Waals surface area contributed by atoms with Crippen LogP contribution in [-0.4, -0.2) is 20.2 Å². The van der Waals surface area contributed by atoms with Crippen molar-refractivity contribution in [2.75, 3.05) is 14.2 Å². The number of hydrogen-bond acceptors (Lipinski definition) is 5. The fourth-order valence-electron chi connectivity index (χ4n) is 2.11. The normalized spacial score (nSPS) is 10.8. The van der Waals surface area contributed by atoms with Gasteiger partial charge in [-0.05, 0) is 57.4 Å². The Bertz CT molecular complexity index is 872. The smallest absolute Gasteiger partial charge is 0.348 e. The van der Waals surface area contributed by atoms with Gasteiger partial charge in [0.2, 0.25) is 0 Å². The summed E-state index contributed by atoms with van der Waals surface area (Å²) >= 11 is 9.31. The maximum Gasteiger partial charge on any atom is 0.348 e. The van der Waals surface area contributed by atoms with Gasteiger partial charge in [0.15, 0.2) is 11.5 Å². The lowest BCUT2D eigenvalue weighted by Crippen LogP contribution is -2.03. The van der Waals surface area contributed by atoms with Crippen molar-refractivity contribution in [2.45, 2.75) is 6.61 Å². The van der Waals surface area contributed by atoms with E-state index in [9.17, 15) is 4.79 Å². The number of benzene rings is 2. The predicted octanol–water partition coefficient (Wildman–Crippen LogP) is 4.77. The second kappa shape index (κ2) is 9.27. The summed E-state index contributed by atoms with van der Waals surface area (Å²) in [5.74, 6) is 0.267. The molecule has 0 aromatic heterocycles. The number of nitrogens with zero attached hydrogens (tertiary/aromatic N) is 1. The lowest BCUT2D eigenvalue weighted by molar-refractivity contribution is -0.135. The number of methoxy groups -OCH3 is 2. The van der Waals surface area contributed by atoms with Crippen LogP contribution in [0.1, 0.15) is 11.1 Å². The Hall–Kier alpha value is -2.49. The molecular formula is C19H15BrClNO4. The van der Waals surface area contributed by atoms with E-state index in [4.69, 9.17) is 26.3 Å². The van der Waals surface area contributed by atoms with Gasteiger partial charge in [-0.25, -0.2) is 4.79 Å². The van der Waals surface area contributed by atoms with Crippen LogP contribution in [0.2, 0.25) is 5.02 Å². The molecule has 0 N–H and O–H groups in total. The first kappa shape index (κ1) is 19.8. The highest BCUT2D eigenvalue weighted by atomic mass is 79.9. The van der Waals surface area contributed by atoms with Crippen molar-refractivity contribution in [2.24, 2.45) is 0 Å². The molecule has 0 fully saturated rings. The van der Waals surface area contributed by atoms with E-state index in [1.165, 1.54) is 20.3 Å². The zero-order valence-electron chi connectivity index (χ0n) is 14.1. The van der Waals surface area contributed by atoms with Crippen LogP contribution < -0.4 is 9.47 Å². The van der Waals surface area contributed by atoms with E-state index < -0.39 is 5.97 Å². The van der Waals surface area contributed by atoms with E-state index >= 15 is 0 Å². The monoisotopic (exact) mass is 435 g/mol. The summed E-state index contributed by atoms with van der Waals surface area (Å²) in [6, 6.07) is 12.5. The average molecular weight is 437 g/mol. The first-order valence-electron chi connectivity index (χ1n) is 7.43. The van der Waals surface area contributed by atoms with Crippen LogP contribution in [0.15, 0.2) is 46.4 Å². The Labute approximate surface area is 164 Å². The van der Waals surface area contributed by atoms with Gasteiger partial charge in [-0.1, -0.05) is 23.7 Å². The Morgan fingerprint density at radius 2 is 1.96 bits per heavy atom. The Morgan fingerprint density at radius 3 is 2.54 bits per heavy atom. The molecule has 0 atom stereocenters. The molecule has 0 heterocycles. The van der Waals surface area contributed by atoms with Crippen molar-refractivity contribution in [3.63, 3.8) is 0 Å². The summed E-state index contributed by atoms with van der Waals surface area (Å²) in [6.45, 7) is 0.326. The van der Waals surface area contributed by atoms with Crippen molar-refractivity contribution in [1.82, 2.24) is 0 Å². The van der Waals surface area contributed by atoms with Crippen LogP contribution in [-0.2, 0) is 16.1 Å².